The highest BCUT2D eigenvalue weighted by molar-refractivity contribution is 7.95. The van der Waals surface area contributed by atoms with Gasteiger partial charge in [-0.1, -0.05) is 20.8 Å². The summed E-state index contributed by atoms with van der Waals surface area (Å²) in [5.41, 5.74) is 1.06. The highest BCUT2D eigenvalue weighted by Gasteiger charge is 2.31. The number of phenolic OH excluding ortho intramolecular Hbond substituents is 1. The van der Waals surface area contributed by atoms with Gasteiger partial charge in [0.25, 0.3) is 0 Å². The Labute approximate surface area is 173 Å². The molecule has 0 unspecified atom stereocenters. The van der Waals surface area contributed by atoms with Gasteiger partial charge in [-0.3, -0.25) is 0 Å². The Kier molecular flexibility index (Phi) is 6.23. The number of ether oxygens (including phenoxy) is 1. The fourth-order valence-corrected chi connectivity index (χ4v) is 3.89. The molecule has 0 amide bonds. The summed E-state index contributed by atoms with van der Waals surface area (Å²) in [6, 6.07) is 8.35. The molecule has 0 atom stereocenters. The third kappa shape index (κ3) is 5.33. The maximum absolute atomic E-state index is 12.8. The zero-order valence-corrected chi connectivity index (χ0v) is 17.5. The Hall–Kier alpha value is -2.99. The molecule has 5 nitrogen and oxygen atoms in total. The summed E-state index contributed by atoms with van der Waals surface area (Å²) in [4.78, 5) is -0.937. The Morgan fingerprint density at radius 2 is 1.70 bits per heavy atom. The van der Waals surface area contributed by atoms with Gasteiger partial charge in [0.1, 0.15) is 22.5 Å². The molecule has 30 heavy (non-hydrogen) atoms. The van der Waals surface area contributed by atoms with Crippen molar-refractivity contribution in [2.45, 2.75) is 44.4 Å². The molecule has 2 aromatic rings. The number of rotatable bonds is 4. The number of aryl methyl sites for hydroxylation is 1. The van der Waals surface area contributed by atoms with E-state index in [1.54, 1.807) is 19.1 Å². The summed E-state index contributed by atoms with van der Waals surface area (Å²) in [5, 5.41) is 19.7. The minimum atomic E-state index is -4.90. The van der Waals surface area contributed by atoms with Crippen molar-refractivity contribution in [2.24, 2.45) is 0 Å². The van der Waals surface area contributed by atoms with Crippen LogP contribution in [0.5, 0.6) is 11.5 Å². The van der Waals surface area contributed by atoms with Crippen LogP contribution in [0, 0.1) is 18.3 Å². The fourth-order valence-electron chi connectivity index (χ4n) is 2.73. The van der Waals surface area contributed by atoms with Crippen LogP contribution < -0.4 is 4.74 Å². The van der Waals surface area contributed by atoms with Crippen LogP contribution in [0.1, 0.15) is 37.5 Å². The van der Waals surface area contributed by atoms with Crippen LogP contribution in [0.15, 0.2) is 46.2 Å². The van der Waals surface area contributed by atoms with E-state index in [0.29, 0.717) is 16.7 Å². The third-order valence-electron chi connectivity index (χ3n) is 4.20. The summed E-state index contributed by atoms with van der Waals surface area (Å²) in [5.74, 6) is -0.491. The lowest BCUT2D eigenvalue weighted by Gasteiger charge is -2.22. The highest BCUT2D eigenvalue weighted by Crippen LogP contribution is 2.35. The van der Waals surface area contributed by atoms with Crippen LogP contribution in [0.2, 0.25) is 0 Å². The molecule has 0 saturated heterocycles. The second kappa shape index (κ2) is 8.03. The first-order valence-corrected chi connectivity index (χ1v) is 10.2. The standard InChI is InChI=1S/C21H20F3NO4S/c1-13-9-14(11-18(19(13)26)20(2,3)4)10-17(12-25)30(27,28)16-7-5-15(6-8-16)29-21(22,23)24/h5-11,26H,1-4H3/b17-10-. The van der Waals surface area contributed by atoms with Crippen LogP contribution in [0.4, 0.5) is 13.2 Å². The SMILES string of the molecule is Cc1cc(/C=C(/C#N)S(=O)(=O)c2ccc(OC(F)(F)F)cc2)cc(C(C)(C)C)c1O. The van der Waals surface area contributed by atoms with E-state index < -0.39 is 32.3 Å². The average Bonchev–Trinajstić information content (AvgIpc) is 2.60. The predicted octanol–water partition coefficient (Wildman–Crippen LogP) is 5.24. The van der Waals surface area contributed by atoms with Gasteiger partial charge in [-0.2, -0.15) is 5.26 Å². The van der Waals surface area contributed by atoms with E-state index in [1.165, 1.54) is 6.07 Å². The quantitative estimate of drug-likeness (QED) is 0.659. The topological polar surface area (TPSA) is 87.4 Å². The van der Waals surface area contributed by atoms with Crippen molar-refractivity contribution < 1.29 is 31.4 Å². The van der Waals surface area contributed by atoms with E-state index >= 15 is 0 Å². The lowest BCUT2D eigenvalue weighted by Crippen LogP contribution is -2.17. The second-order valence-electron chi connectivity index (χ2n) is 7.63. The predicted molar refractivity (Wildman–Crippen MR) is 105 cm³/mol. The zero-order chi connectivity index (χ0) is 22.9. The molecule has 1 N–H and O–H groups in total. The molecule has 0 bridgehead atoms. The molecule has 9 heteroatoms. The van der Waals surface area contributed by atoms with Crippen LogP contribution in [-0.2, 0) is 15.3 Å². The molecule has 0 spiro atoms. The van der Waals surface area contributed by atoms with E-state index in [4.69, 9.17) is 0 Å². The number of phenols is 1. The van der Waals surface area contributed by atoms with Gasteiger partial charge >= 0.3 is 6.36 Å². The second-order valence-corrected chi connectivity index (χ2v) is 9.55. The Bertz CT molecular complexity index is 1120. The largest absolute Gasteiger partial charge is 0.573 e. The molecular formula is C21H20F3NO4S. The molecule has 2 aromatic carbocycles. The highest BCUT2D eigenvalue weighted by atomic mass is 32.2. The van der Waals surface area contributed by atoms with Crippen molar-refractivity contribution in [3.63, 3.8) is 0 Å². The number of nitrogens with zero attached hydrogens (tertiary/aromatic N) is 1. The first-order valence-electron chi connectivity index (χ1n) is 8.72. The molecule has 0 aromatic heterocycles. The molecule has 0 aliphatic heterocycles. The van der Waals surface area contributed by atoms with E-state index in [2.05, 4.69) is 4.74 Å². The van der Waals surface area contributed by atoms with Crippen LogP contribution in [0.25, 0.3) is 6.08 Å². The minimum Gasteiger partial charge on any atom is -0.507 e. The van der Waals surface area contributed by atoms with Crippen molar-refractivity contribution in [3.8, 4) is 17.6 Å². The summed E-state index contributed by atoms with van der Waals surface area (Å²) in [6.45, 7) is 7.28. The molecule has 0 aliphatic carbocycles. The summed E-state index contributed by atoms with van der Waals surface area (Å²) >= 11 is 0. The van der Waals surface area contributed by atoms with Gasteiger partial charge in [0.15, 0.2) is 0 Å². The average molecular weight is 439 g/mol. The first-order chi connectivity index (χ1) is 13.6. The first kappa shape index (κ1) is 23.3. The van der Waals surface area contributed by atoms with Crippen molar-refractivity contribution in [1.29, 1.82) is 5.26 Å². The molecule has 160 valence electrons. The van der Waals surface area contributed by atoms with Crippen molar-refractivity contribution in [1.82, 2.24) is 0 Å². The number of alkyl halides is 3. The van der Waals surface area contributed by atoms with Gasteiger partial charge in [-0.05, 0) is 65.9 Å². The molecule has 0 heterocycles. The third-order valence-corrected chi connectivity index (χ3v) is 5.88. The number of hydrogen-bond donors (Lipinski definition) is 1. The monoisotopic (exact) mass is 439 g/mol. The maximum Gasteiger partial charge on any atom is 0.573 e. The summed E-state index contributed by atoms with van der Waals surface area (Å²) in [7, 11) is -4.28. The lowest BCUT2D eigenvalue weighted by atomic mass is 9.84. The molecule has 0 saturated carbocycles. The van der Waals surface area contributed by atoms with Gasteiger partial charge < -0.3 is 9.84 Å². The summed E-state index contributed by atoms with van der Waals surface area (Å²) < 4.78 is 66.1. The normalized spacial score (nSPS) is 13.1. The van der Waals surface area contributed by atoms with E-state index in [-0.39, 0.29) is 10.6 Å². The number of allylic oxidation sites excluding steroid dienone is 1. The van der Waals surface area contributed by atoms with Gasteiger partial charge in [-0.15, -0.1) is 13.2 Å². The number of benzene rings is 2. The van der Waals surface area contributed by atoms with Crippen molar-refractivity contribution in [3.05, 3.63) is 58.0 Å². The van der Waals surface area contributed by atoms with Crippen LogP contribution >= 0.6 is 0 Å². The van der Waals surface area contributed by atoms with Gasteiger partial charge in [0.05, 0.1) is 4.90 Å². The smallest absolute Gasteiger partial charge is 0.507 e. The lowest BCUT2D eigenvalue weighted by molar-refractivity contribution is -0.274. The van der Waals surface area contributed by atoms with Crippen LogP contribution in [0.3, 0.4) is 0 Å². The molecule has 0 aliphatic rings. The zero-order valence-electron chi connectivity index (χ0n) is 16.7. The number of nitriles is 1. The number of halogens is 3. The van der Waals surface area contributed by atoms with Crippen molar-refractivity contribution >= 4 is 15.9 Å². The van der Waals surface area contributed by atoms with Gasteiger partial charge in [0, 0.05) is 5.56 Å². The molecule has 0 radical (unpaired) electrons. The molecular weight excluding hydrogens is 419 g/mol. The molecule has 0 fully saturated rings. The van der Waals surface area contributed by atoms with Crippen LogP contribution in [-0.4, -0.2) is 19.9 Å². The van der Waals surface area contributed by atoms with Crippen molar-refractivity contribution in [2.75, 3.05) is 0 Å². The van der Waals surface area contributed by atoms with Gasteiger partial charge in [-0.25, -0.2) is 8.42 Å². The number of sulfone groups is 1. The number of aromatic hydroxyl groups is 1. The van der Waals surface area contributed by atoms with E-state index in [0.717, 1.165) is 30.3 Å². The summed E-state index contributed by atoms with van der Waals surface area (Å²) in [6.07, 6.45) is -3.74. The minimum absolute atomic E-state index is 0.0845. The Morgan fingerprint density at radius 1 is 1.13 bits per heavy atom. The van der Waals surface area contributed by atoms with E-state index in [9.17, 15) is 32.0 Å². The van der Waals surface area contributed by atoms with E-state index in [1.807, 2.05) is 20.8 Å². The number of hydrogen-bond acceptors (Lipinski definition) is 5. The van der Waals surface area contributed by atoms with Gasteiger partial charge in [0.2, 0.25) is 9.84 Å². The fraction of sp³-hybridized carbons (Fsp3) is 0.286. The Morgan fingerprint density at radius 3 is 2.17 bits per heavy atom. The Balaban J connectivity index is 2.50. The maximum atomic E-state index is 12.8. The molecule has 2 rings (SSSR count).